The Morgan fingerprint density at radius 1 is 1.26 bits per heavy atom. The quantitative estimate of drug-likeness (QED) is 0.877. The third-order valence-electron chi connectivity index (χ3n) is 5.76. The van der Waals surface area contributed by atoms with Gasteiger partial charge in [-0.1, -0.05) is 6.58 Å². The van der Waals surface area contributed by atoms with Crippen molar-refractivity contribution in [3.8, 4) is 0 Å². The molecule has 0 saturated carbocycles. The average Bonchev–Trinajstić information content (AvgIpc) is 3.32. The lowest BCUT2D eigenvalue weighted by molar-refractivity contribution is 0.203. The summed E-state index contributed by atoms with van der Waals surface area (Å²) in [6, 6.07) is 1.69. The normalized spacial score (nSPS) is 18.9. The molecule has 4 rings (SSSR count). The molecule has 4 heterocycles. The number of aromatic nitrogens is 4. The van der Waals surface area contributed by atoms with Gasteiger partial charge in [0.2, 0.25) is 5.95 Å². The van der Waals surface area contributed by atoms with Crippen LogP contribution in [0.15, 0.2) is 23.6 Å². The zero-order valence-corrected chi connectivity index (χ0v) is 16.0. The number of aromatic amines is 1. The van der Waals surface area contributed by atoms with Crippen LogP contribution in [0.4, 0.5) is 5.95 Å². The molecule has 0 bridgehead atoms. The van der Waals surface area contributed by atoms with Gasteiger partial charge < -0.3 is 4.90 Å². The highest BCUT2D eigenvalue weighted by Gasteiger charge is 2.24. The number of piperidine rings is 1. The highest BCUT2D eigenvalue weighted by atomic mass is 16.1. The summed E-state index contributed by atoms with van der Waals surface area (Å²) < 4.78 is 1.78. The van der Waals surface area contributed by atoms with Crippen molar-refractivity contribution in [2.45, 2.75) is 45.1 Å². The van der Waals surface area contributed by atoms with Gasteiger partial charge in [-0.3, -0.25) is 14.7 Å². The maximum Gasteiger partial charge on any atom is 0.252 e. The monoisotopic (exact) mass is 368 g/mol. The summed E-state index contributed by atoms with van der Waals surface area (Å²) in [4.78, 5) is 24.5. The van der Waals surface area contributed by atoms with E-state index in [0.717, 1.165) is 62.9 Å². The summed E-state index contributed by atoms with van der Waals surface area (Å²) in [5.74, 6) is 1.12. The van der Waals surface area contributed by atoms with Crippen LogP contribution < -0.4 is 10.5 Å². The lowest BCUT2D eigenvalue weighted by Crippen LogP contribution is -2.33. The molecule has 0 aliphatic carbocycles. The van der Waals surface area contributed by atoms with Crippen LogP contribution in [0.3, 0.4) is 0 Å². The fraction of sp³-hybridized carbons (Fsp3) is 0.550. The zero-order chi connectivity index (χ0) is 18.8. The fourth-order valence-corrected chi connectivity index (χ4v) is 4.15. The van der Waals surface area contributed by atoms with Crippen LogP contribution in [0.2, 0.25) is 0 Å². The number of aryl methyl sites for hydroxylation is 1. The Morgan fingerprint density at radius 3 is 2.67 bits per heavy atom. The van der Waals surface area contributed by atoms with E-state index in [9.17, 15) is 4.79 Å². The number of hydrogen-bond donors (Lipinski definition) is 1. The lowest BCUT2D eigenvalue weighted by atomic mass is 9.93. The third-order valence-corrected chi connectivity index (χ3v) is 5.76. The maximum absolute atomic E-state index is 12.1. The van der Waals surface area contributed by atoms with Gasteiger partial charge in [0.05, 0.1) is 11.4 Å². The van der Waals surface area contributed by atoms with Crippen molar-refractivity contribution < 1.29 is 0 Å². The molecule has 2 fully saturated rings. The van der Waals surface area contributed by atoms with E-state index < -0.39 is 0 Å². The topological polar surface area (TPSA) is 70.1 Å². The maximum atomic E-state index is 12.1. The Balaban J connectivity index is 1.41. The smallest absolute Gasteiger partial charge is 0.252 e. The second-order valence-corrected chi connectivity index (χ2v) is 7.64. The molecule has 0 atom stereocenters. The van der Waals surface area contributed by atoms with Crippen molar-refractivity contribution in [1.82, 2.24) is 24.6 Å². The zero-order valence-electron chi connectivity index (χ0n) is 16.0. The van der Waals surface area contributed by atoms with Gasteiger partial charge in [-0.2, -0.15) is 5.10 Å². The molecule has 2 aromatic rings. The molecule has 2 aliphatic rings. The van der Waals surface area contributed by atoms with E-state index in [2.05, 4.69) is 32.7 Å². The molecular formula is C20H28N6O. The van der Waals surface area contributed by atoms with E-state index >= 15 is 0 Å². The molecule has 144 valence electrons. The van der Waals surface area contributed by atoms with Crippen LogP contribution in [-0.4, -0.2) is 50.8 Å². The SMILES string of the molecule is C=Cn1cc(CN2CCC(c3cc(=O)[nH]c(N4CCCC4)n3)CC2)c(C)n1. The van der Waals surface area contributed by atoms with Gasteiger partial charge in [-0.05, 0) is 45.7 Å². The Bertz CT molecular complexity index is 856. The minimum Gasteiger partial charge on any atom is -0.342 e. The van der Waals surface area contributed by atoms with E-state index in [-0.39, 0.29) is 5.56 Å². The van der Waals surface area contributed by atoms with Gasteiger partial charge in [0.25, 0.3) is 5.56 Å². The van der Waals surface area contributed by atoms with E-state index in [1.807, 2.05) is 6.92 Å². The van der Waals surface area contributed by atoms with Crippen molar-refractivity contribution >= 4 is 12.1 Å². The van der Waals surface area contributed by atoms with Gasteiger partial charge in [-0.25, -0.2) is 9.67 Å². The fourth-order valence-electron chi connectivity index (χ4n) is 4.15. The van der Waals surface area contributed by atoms with Gasteiger partial charge in [0.1, 0.15) is 0 Å². The first-order chi connectivity index (χ1) is 13.1. The molecule has 0 unspecified atom stereocenters. The van der Waals surface area contributed by atoms with Crippen LogP contribution in [0.25, 0.3) is 6.20 Å². The van der Waals surface area contributed by atoms with Crippen molar-refractivity contribution in [3.63, 3.8) is 0 Å². The summed E-state index contributed by atoms with van der Waals surface area (Å²) in [5, 5.41) is 4.43. The molecule has 27 heavy (non-hydrogen) atoms. The Kier molecular flexibility index (Phi) is 5.11. The molecule has 7 heteroatoms. The standard InChI is InChI=1S/C20H28N6O/c1-3-26-14-17(15(2)23-26)13-24-10-6-16(7-11-24)18-12-19(27)22-20(21-18)25-8-4-5-9-25/h3,12,14,16H,1,4-11,13H2,2H3,(H,21,22,27). The lowest BCUT2D eigenvalue weighted by Gasteiger charge is -2.31. The highest BCUT2D eigenvalue weighted by molar-refractivity contribution is 5.32. The largest absolute Gasteiger partial charge is 0.342 e. The predicted molar refractivity (Wildman–Crippen MR) is 107 cm³/mol. The van der Waals surface area contributed by atoms with Crippen molar-refractivity contribution in [3.05, 3.63) is 46.1 Å². The minimum absolute atomic E-state index is 0.0307. The van der Waals surface area contributed by atoms with Crippen LogP contribution in [-0.2, 0) is 6.54 Å². The number of hydrogen-bond acceptors (Lipinski definition) is 5. The molecule has 2 aromatic heterocycles. The summed E-state index contributed by atoms with van der Waals surface area (Å²) in [6.45, 7) is 10.7. The number of nitrogens with zero attached hydrogens (tertiary/aromatic N) is 5. The molecule has 0 radical (unpaired) electrons. The van der Waals surface area contributed by atoms with Crippen molar-refractivity contribution in [2.75, 3.05) is 31.1 Å². The van der Waals surface area contributed by atoms with Crippen LogP contribution >= 0.6 is 0 Å². The van der Waals surface area contributed by atoms with Crippen LogP contribution in [0.1, 0.15) is 48.6 Å². The first kappa shape index (κ1) is 18.0. The summed E-state index contributed by atoms with van der Waals surface area (Å²) in [5.41, 5.74) is 3.23. The summed E-state index contributed by atoms with van der Waals surface area (Å²) in [7, 11) is 0. The van der Waals surface area contributed by atoms with Crippen LogP contribution in [0.5, 0.6) is 0 Å². The summed E-state index contributed by atoms with van der Waals surface area (Å²) in [6.07, 6.45) is 8.19. The molecule has 2 saturated heterocycles. The predicted octanol–water partition coefficient (Wildman–Crippen LogP) is 2.36. The molecule has 0 aromatic carbocycles. The van der Waals surface area contributed by atoms with E-state index in [1.54, 1.807) is 16.9 Å². The number of H-pyrrole nitrogens is 1. The molecular weight excluding hydrogens is 340 g/mol. The third kappa shape index (κ3) is 3.98. The van der Waals surface area contributed by atoms with Gasteiger partial charge in [0.15, 0.2) is 0 Å². The Morgan fingerprint density at radius 2 is 2.00 bits per heavy atom. The summed E-state index contributed by atoms with van der Waals surface area (Å²) >= 11 is 0. The van der Waals surface area contributed by atoms with Gasteiger partial charge in [-0.15, -0.1) is 0 Å². The number of likely N-dealkylation sites (tertiary alicyclic amines) is 1. The second-order valence-electron chi connectivity index (χ2n) is 7.64. The number of anilines is 1. The first-order valence-electron chi connectivity index (χ1n) is 9.88. The highest BCUT2D eigenvalue weighted by Crippen LogP contribution is 2.28. The molecule has 0 spiro atoms. The number of rotatable bonds is 5. The van der Waals surface area contributed by atoms with Gasteiger partial charge in [0, 0.05) is 49.6 Å². The molecule has 1 N–H and O–H groups in total. The molecule has 2 aliphatic heterocycles. The first-order valence-corrected chi connectivity index (χ1v) is 9.88. The van der Waals surface area contributed by atoms with Gasteiger partial charge >= 0.3 is 0 Å². The molecule has 0 amide bonds. The second kappa shape index (κ2) is 7.68. The van der Waals surface area contributed by atoms with Crippen molar-refractivity contribution in [1.29, 1.82) is 0 Å². The van der Waals surface area contributed by atoms with E-state index in [0.29, 0.717) is 5.92 Å². The Labute approximate surface area is 159 Å². The van der Waals surface area contributed by atoms with Crippen molar-refractivity contribution in [2.24, 2.45) is 0 Å². The van der Waals surface area contributed by atoms with E-state index in [4.69, 9.17) is 4.98 Å². The number of nitrogens with one attached hydrogen (secondary N) is 1. The minimum atomic E-state index is -0.0307. The molecule has 7 nitrogen and oxygen atoms in total. The average molecular weight is 368 g/mol. The van der Waals surface area contributed by atoms with Crippen LogP contribution in [0, 0.1) is 6.92 Å². The van der Waals surface area contributed by atoms with E-state index in [1.165, 1.54) is 18.4 Å². The Hall–Kier alpha value is -2.41.